The predicted molar refractivity (Wildman–Crippen MR) is 102 cm³/mol. The molecule has 8 nitrogen and oxygen atoms in total. The van der Waals surface area contributed by atoms with Crippen LogP contribution in [0, 0.1) is 13.8 Å². The lowest BCUT2D eigenvalue weighted by atomic mass is 10.2. The van der Waals surface area contributed by atoms with Crippen LogP contribution in [0.5, 0.6) is 0 Å². The molecule has 2 rings (SSSR count). The van der Waals surface area contributed by atoms with E-state index < -0.39 is 32.3 Å². The quantitative estimate of drug-likeness (QED) is 0.768. The smallest absolute Gasteiger partial charge is 0.243 e. The van der Waals surface area contributed by atoms with Crippen molar-refractivity contribution >= 4 is 31.6 Å². The molecule has 0 bridgehead atoms. The van der Waals surface area contributed by atoms with Crippen molar-refractivity contribution in [1.82, 2.24) is 9.29 Å². The first-order chi connectivity index (χ1) is 12.4. The fraction of sp³-hybridized carbons (Fsp3) is 0.294. The van der Waals surface area contributed by atoms with E-state index in [4.69, 9.17) is 0 Å². The number of carbonyl (C=O) groups excluding carboxylic acids is 1. The predicted octanol–water partition coefficient (Wildman–Crippen LogP) is 1.36. The Bertz CT molecular complexity index is 1080. The van der Waals surface area contributed by atoms with Crippen molar-refractivity contribution in [2.45, 2.75) is 23.6 Å². The number of benzene rings is 1. The Morgan fingerprint density at radius 1 is 1.11 bits per heavy atom. The molecule has 2 aromatic rings. The van der Waals surface area contributed by atoms with Crippen molar-refractivity contribution in [3.05, 3.63) is 47.7 Å². The van der Waals surface area contributed by atoms with Crippen molar-refractivity contribution in [2.24, 2.45) is 0 Å². The third-order valence-electron chi connectivity index (χ3n) is 3.80. The van der Waals surface area contributed by atoms with Gasteiger partial charge in [0.1, 0.15) is 5.82 Å². The van der Waals surface area contributed by atoms with Gasteiger partial charge in [-0.2, -0.15) is 4.31 Å². The number of sulfone groups is 1. The fourth-order valence-corrected chi connectivity index (χ4v) is 4.43. The molecule has 0 aliphatic rings. The number of sulfonamides is 1. The molecule has 1 N–H and O–H groups in total. The van der Waals surface area contributed by atoms with Crippen molar-refractivity contribution < 1.29 is 21.6 Å². The van der Waals surface area contributed by atoms with Crippen LogP contribution in [0.25, 0.3) is 0 Å². The summed E-state index contributed by atoms with van der Waals surface area (Å²) in [4.78, 5) is 16.0. The van der Waals surface area contributed by atoms with E-state index in [2.05, 4.69) is 10.3 Å². The van der Waals surface area contributed by atoms with Crippen LogP contribution in [-0.4, -0.2) is 51.9 Å². The molecule has 1 amide bonds. The molecule has 27 heavy (non-hydrogen) atoms. The van der Waals surface area contributed by atoms with E-state index in [1.165, 1.54) is 19.2 Å². The van der Waals surface area contributed by atoms with E-state index in [1.54, 1.807) is 32.0 Å². The summed E-state index contributed by atoms with van der Waals surface area (Å²) in [5, 5.41) is 2.54. The fourth-order valence-electron chi connectivity index (χ4n) is 2.34. The number of carbonyl (C=O) groups is 1. The summed E-state index contributed by atoms with van der Waals surface area (Å²) in [6, 6.07) is 8.96. The lowest BCUT2D eigenvalue weighted by Gasteiger charge is -2.18. The highest BCUT2D eigenvalue weighted by Crippen LogP contribution is 2.23. The number of aromatic nitrogens is 1. The molecule has 0 atom stereocenters. The van der Waals surface area contributed by atoms with Gasteiger partial charge in [-0.05, 0) is 43.7 Å². The minimum absolute atomic E-state index is 0.103. The highest BCUT2D eigenvalue weighted by atomic mass is 32.2. The molecule has 0 aliphatic carbocycles. The molecule has 0 saturated heterocycles. The third kappa shape index (κ3) is 5.12. The Kier molecular flexibility index (Phi) is 6.03. The van der Waals surface area contributed by atoms with E-state index >= 15 is 0 Å². The van der Waals surface area contributed by atoms with Gasteiger partial charge < -0.3 is 5.32 Å². The zero-order valence-corrected chi connectivity index (χ0v) is 17.1. The summed E-state index contributed by atoms with van der Waals surface area (Å²) in [6.07, 6.45) is 1.00. The lowest BCUT2D eigenvalue weighted by molar-refractivity contribution is -0.116. The average molecular weight is 412 g/mol. The van der Waals surface area contributed by atoms with E-state index in [0.717, 1.165) is 16.6 Å². The third-order valence-corrected chi connectivity index (χ3v) is 6.85. The van der Waals surface area contributed by atoms with E-state index in [1.807, 2.05) is 0 Å². The van der Waals surface area contributed by atoms with Crippen LogP contribution in [-0.2, 0) is 24.7 Å². The molecule has 0 radical (unpaired) electrons. The highest BCUT2D eigenvalue weighted by molar-refractivity contribution is 7.91. The van der Waals surface area contributed by atoms with Crippen LogP contribution < -0.4 is 5.32 Å². The van der Waals surface area contributed by atoms with Crippen LogP contribution >= 0.6 is 0 Å². The summed E-state index contributed by atoms with van der Waals surface area (Å²) >= 11 is 0. The number of aryl methyl sites for hydroxylation is 2. The van der Waals surface area contributed by atoms with Crippen LogP contribution in [0.4, 0.5) is 5.82 Å². The number of amides is 1. The molecule has 1 aromatic heterocycles. The van der Waals surface area contributed by atoms with Crippen molar-refractivity contribution in [2.75, 3.05) is 25.2 Å². The molecular formula is C17H21N3O5S2. The lowest BCUT2D eigenvalue weighted by Crippen LogP contribution is -2.35. The largest absolute Gasteiger partial charge is 0.310 e. The highest BCUT2D eigenvalue weighted by Gasteiger charge is 2.26. The van der Waals surface area contributed by atoms with Crippen molar-refractivity contribution in [1.29, 1.82) is 0 Å². The summed E-state index contributed by atoms with van der Waals surface area (Å²) in [7, 11) is -6.37. The van der Waals surface area contributed by atoms with Gasteiger partial charge in [0.25, 0.3) is 0 Å². The number of rotatable bonds is 6. The van der Waals surface area contributed by atoms with Crippen LogP contribution in [0.15, 0.2) is 46.2 Å². The molecule has 1 heterocycles. The monoisotopic (exact) mass is 411 g/mol. The van der Waals surface area contributed by atoms with Gasteiger partial charge in [-0.25, -0.2) is 21.8 Å². The zero-order valence-electron chi connectivity index (χ0n) is 15.4. The van der Waals surface area contributed by atoms with Crippen molar-refractivity contribution in [3.63, 3.8) is 0 Å². The SMILES string of the molecule is Cc1cccc(NC(=O)CN(C)S(=O)(=O)c2cc(S(C)(=O)=O)ccc2C)n1. The summed E-state index contributed by atoms with van der Waals surface area (Å²) in [5.74, 6) is -0.239. The van der Waals surface area contributed by atoms with Crippen molar-refractivity contribution in [3.8, 4) is 0 Å². The van der Waals surface area contributed by atoms with E-state index in [0.29, 0.717) is 17.1 Å². The number of nitrogens with one attached hydrogen (secondary N) is 1. The number of pyridine rings is 1. The second kappa shape index (κ2) is 7.75. The maximum atomic E-state index is 12.8. The first-order valence-electron chi connectivity index (χ1n) is 7.92. The van der Waals surface area contributed by atoms with Gasteiger partial charge in [0.2, 0.25) is 15.9 Å². The molecule has 0 fully saturated rings. The van der Waals surface area contributed by atoms with Crippen LogP contribution in [0.1, 0.15) is 11.3 Å². The number of anilines is 1. The minimum atomic E-state index is -4.06. The van der Waals surface area contributed by atoms with Gasteiger partial charge in [0.05, 0.1) is 16.3 Å². The second-order valence-electron chi connectivity index (χ2n) is 6.17. The molecular weight excluding hydrogens is 390 g/mol. The standard InChI is InChI=1S/C17H21N3O5S2/c1-12-8-9-14(26(4,22)23)10-15(12)27(24,25)20(3)11-17(21)19-16-7-5-6-13(2)18-16/h5-10H,11H2,1-4H3,(H,18,19,21). The Morgan fingerprint density at radius 3 is 2.37 bits per heavy atom. The van der Waals surface area contributed by atoms with Gasteiger partial charge in [-0.3, -0.25) is 4.79 Å². The number of hydrogen-bond donors (Lipinski definition) is 1. The number of hydrogen-bond acceptors (Lipinski definition) is 6. The van der Waals surface area contributed by atoms with Gasteiger partial charge in [0.15, 0.2) is 9.84 Å². The molecule has 1 aromatic carbocycles. The topological polar surface area (TPSA) is 114 Å². The molecule has 0 spiro atoms. The normalized spacial score (nSPS) is 12.2. The zero-order chi connectivity index (χ0) is 20.4. The Morgan fingerprint density at radius 2 is 1.78 bits per heavy atom. The first-order valence-corrected chi connectivity index (χ1v) is 11.2. The summed E-state index contributed by atoms with van der Waals surface area (Å²) < 4.78 is 49.9. The molecule has 0 unspecified atom stereocenters. The Balaban J connectivity index is 2.24. The average Bonchev–Trinajstić information content (AvgIpc) is 2.53. The van der Waals surface area contributed by atoms with Crippen LogP contribution in [0.3, 0.4) is 0 Å². The van der Waals surface area contributed by atoms with Gasteiger partial charge in [-0.15, -0.1) is 0 Å². The summed E-state index contributed by atoms with van der Waals surface area (Å²) in [6.45, 7) is 2.88. The van der Waals surface area contributed by atoms with E-state index in [9.17, 15) is 21.6 Å². The maximum Gasteiger partial charge on any atom is 0.243 e. The maximum absolute atomic E-state index is 12.8. The molecule has 146 valence electrons. The molecule has 0 aliphatic heterocycles. The number of nitrogens with zero attached hydrogens (tertiary/aromatic N) is 2. The summed E-state index contributed by atoms with van der Waals surface area (Å²) in [5.41, 5.74) is 1.09. The first kappa shape index (κ1) is 21.0. The van der Waals surface area contributed by atoms with E-state index in [-0.39, 0.29) is 9.79 Å². The van der Waals surface area contributed by atoms with Gasteiger partial charge >= 0.3 is 0 Å². The Hall–Kier alpha value is -2.30. The number of likely N-dealkylation sites (N-methyl/N-ethyl adjacent to an activating group) is 1. The molecule has 10 heteroatoms. The Labute approximate surface area is 159 Å². The van der Waals surface area contributed by atoms with Gasteiger partial charge in [-0.1, -0.05) is 12.1 Å². The van der Waals surface area contributed by atoms with Crippen LogP contribution in [0.2, 0.25) is 0 Å². The van der Waals surface area contributed by atoms with Gasteiger partial charge in [0, 0.05) is 19.0 Å². The second-order valence-corrected chi connectivity index (χ2v) is 10.2. The molecule has 0 saturated carbocycles. The minimum Gasteiger partial charge on any atom is -0.310 e.